The molecule has 2 rings (SSSR count). The van der Waals surface area contributed by atoms with Crippen molar-refractivity contribution in [1.29, 1.82) is 0 Å². The number of amides is 1. The predicted octanol–water partition coefficient (Wildman–Crippen LogP) is 3.66. The van der Waals surface area contributed by atoms with Crippen LogP contribution in [-0.4, -0.2) is 23.4 Å². The number of carbonyl (C=O) groups excluding carboxylic acids is 2. The lowest BCUT2D eigenvalue weighted by atomic mass is 9.98. The van der Waals surface area contributed by atoms with Crippen LogP contribution in [0, 0.1) is 10.1 Å². The van der Waals surface area contributed by atoms with Crippen LogP contribution in [0.3, 0.4) is 0 Å². The van der Waals surface area contributed by atoms with Crippen molar-refractivity contribution in [3.8, 4) is 0 Å². The lowest BCUT2D eigenvalue weighted by Crippen LogP contribution is -2.30. The van der Waals surface area contributed by atoms with Crippen LogP contribution >= 0.6 is 0 Å². The topological polar surface area (TPSA) is 98.5 Å². The Labute approximate surface area is 144 Å². The smallest absolute Gasteiger partial charge is 0.407 e. The highest BCUT2D eigenvalue weighted by Gasteiger charge is 2.20. The second kappa shape index (κ2) is 8.58. The number of hydrogen-bond donors (Lipinski definition) is 1. The number of alkyl carbamates (subject to hydrolysis) is 1. The number of hydrogen-bond acceptors (Lipinski definition) is 5. The van der Waals surface area contributed by atoms with E-state index in [1.807, 2.05) is 18.2 Å². The van der Waals surface area contributed by atoms with Gasteiger partial charge in [0.15, 0.2) is 5.78 Å². The van der Waals surface area contributed by atoms with Crippen molar-refractivity contribution in [1.82, 2.24) is 5.32 Å². The molecule has 2 aromatic rings. The minimum Gasteiger partial charge on any atom is -0.450 e. The molecule has 0 saturated heterocycles. The van der Waals surface area contributed by atoms with Gasteiger partial charge in [-0.1, -0.05) is 30.3 Å². The minimum atomic E-state index is -0.604. The fourth-order valence-corrected chi connectivity index (χ4v) is 2.32. The lowest BCUT2D eigenvalue weighted by Gasteiger charge is -2.18. The molecule has 0 aromatic heterocycles. The molecule has 1 unspecified atom stereocenters. The van der Waals surface area contributed by atoms with Gasteiger partial charge in [0.2, 0.25) is 0 Å². The number of Topliss-reactive ketones (excluding diaryl/α,β-unsaturated/α-hetero) is 1. The molecule has 0 radical (unpaired) electrons. The summed E-state index contributed by atoms with van der Waals surface area (Å²) in [4.78, 5) is 34.4. The number of ether oxygens (including phenoxy) is 1. The number of non-ortho nitro benzene ring substituents is 1. The van der Waals surface area contributed by atoms with Crippen molar-refractivity contribution in [2.75, 3.05) is 6.61 Å². The Bertz CT molecular complexity index is 744. The summed E-state index contributed by atoms with van der Waals surface area (Å²) in [5.74, 6) is -0.236. The first kappa shape index (κ1) is 18.1. The third-order valence-electron chi connectivity index (χ3n) is 3.56. The maximum Gasteiger partial charge on any atom is 0.407 e. The fraction of sp³-hybridized carbons (Fsp3) is 0.222. The van der Waals surface area contributed by atoms with E-state index >= 15 is 0 Å². The minimum absolute atomic E-state index is 0.0145. The van der Waals surface area contributed by atoms with E-state index in [4.69, 9.17) is 4.74 Å². The third kappa shape index (κ3) is 5.13. The van der Waals surface area contributed by atoms with E-state index in [9.17, 15) is 19.7 Å². The summed E-state index contributed by atoms with van der Waals surface area (Å²) in [5, 5.41) is 13.4. The zero-order valence-corrected chi connectivity index (χ0v) is 13.7. The molecule has 130 valence electrons. The highest BCUT2D eigenvalue weighted by molar-refractivity contribution is 5.96. The maximum atomic E-state index is 12.5. The van der Waals surface area contributed by atoms with E-state index in [0.29, 0.717) is 5.56 Å². The van der Waals surface area contributed by atoms with Crippen LogP contribution in [0.5, 0.6) is 0 Å². The van der Waals surface area contributed by atoms with Gasteiger partial charge in [-0.05, 0) is 24.6 Å². The Hall–Kier alpha value is -3.22. The standard InChI is InChI=1S/C18H18N2O5/c1-2-25-18(22)19-16(13-6-4-3-5-7-13)12-17(21)14-8-10-15(11-9-14)20(23)24/h3-11,16H,2,12H2,1H3,(H,19,22). The van der Waals surface area contributed by atoms with Crippen molar-refractivity contribution in [3.63, 3.8) is 0 Å². The molecule has 1 amide bonds. The molecule has 0 saturated carbocycles. The largest absolute Gasteiger partial charge is 0.450 e. The van der Waals surface area contributed by atoms with Gasteiger partial charge in [0.1, 0.15) is 0 Å². The zero-order chi connectivity index (χ0) is 18.2. The fourth-order valence-electron chi connectivity index (χ4n) is 2.32. The molecule has 0 aliphatic carbocycles. The van der Waals surface area contributed by atoms with Crippen molar-refractivity contribution >= 4 is 17.6 Å². The van der Waals surface area contributed by atoms with Crippen LogP contribution in [0.25, 0.3) is 0 Å². The number of nitro groups is 1. The highest BCUT2D eigenvalue weighted by atomic mass is 16.6. The molecule has 1 N–H and O–H groups in total. The van der Waals surface area contributed by atoms with Crippen LogP contribution < -0.4 is 5.32 Å². The van der Waals surface area contributed by atoms with Gasteiger partial charge < -0.3 is 10.1 Å². The summed E-state index contributed by atoms with van der Waals surface area (Å²) in [6, 6.07) is 13.9. The Morgan fingerprint density at radius 3 is 2.32 bits per heavy atom. The summed E-state index contributed by atoms with van der Waals surface area (Å²) in [6.07, 6.45) is -0.589. The Kier molecular flexibility index (Phi) is 6.22. The number of nitrogens with zero attached hydrogens (tertiary/aromatic N) is 1. The second-order valence-corrected chi connectivity index (χ2v) is 5.26. The van der Waals surface area contributed by atoms with E-state index < -0.39 is 17.1 Å². The van der Waals surface area contributed by atoms with E-state index in [1.165, 1.54) is 24.3 Å². The van der Waals surface area contributed by atoms with Gasteiger partial charge in [0, 0.05) is 24.1 Å². The normalized spacial score (nSPS) is 11.4. The second-order valence-electron chi connectivity index (χ2n) is 5.26. The molecule has 0 spiro atoms. The summed E-state index contributed by atoms with van der Waals surface area (Å²) < 4.78 is 4.89. The first-order valence-corrected chi connectivity index (χ1v) is 7.77. The highest BCUT2D eigenvalue weighted by Crippen LogP contribution is 2.21. The van der Waals surface area contributed by atoms with Crippen molar-refractivity contribution in [2.24, 2.45) is 0 Å². The van der Waals surface area contributed by atoms with Crippen LogP contribution in [-0.2, 0) is 4.74 Å². The van der Waals surface area contributed by atoms with Gasteiger partial charge in [-0.25, -0.2) is 4.79 Å². The summed E-state index contributed by atoms with van der Waals surface area (Å²) >= 11 is 0. The molecule has 0 aliphatic heterocycles. The van der Waals surface area contributed by atoms with Gasteiger partial charge in [-0.15, -0.1) is 0 Å². The quantitative estimate of drug-likeness (QED) is 0.470. The first-order chi connectivity index (χ1) is 12.0. The average Bonchev–Trinajstić information content (AvgIpc) is 2.62. The Morgan fingerprint density at radius 1 is 1.12 bits per heavy atom. The number of benzene rings is 2. The average molecular weight is 342 g/mol. The molecule has 25 heavy (non-hydrogen) atoms. The molecule has 1 atom stereocenters. The summed E-state index contributed by atoms with van der Waals surface area (Å²) in [6.45, 7) is 1.92. The molecule has 0 fully saturated rings. The molecule has 2 aromatic carbocycles. The third-order valence-corrected chi connectivity index (χ3v) is 3.56. The van der Waals surface area contributed by atoms with Crippen molar-refractivity contribution < 1.29 is 19.2 Å². The number of carbonyl (C=O) groups is 2. The molecule has 7 heteroatoms. The number of nitro benzene ring substituents is 1. The van der Waals surface area contributed by atoms with Crippen LogP contribution in [0.1, 0.15) is 35.3 Å². The van der Waals surface area contributed by atoms with Gasteiger partial charge in [0.05, 0.1) is 17.6 Å². The summed E-state index contributed by atoms with van der Waals surface area (Å²) in [5.41, 5.74) is 1.03. The van der Waals surface area contributed by atoms with Crippen LogP contribution in [0.4, 0.5) is 10.5 Å². The Morgan fingerprint density at radius 2 is 1.76 bits per heavy atom. The van der Waals surface area contributed by atoms with Gasteiger partial charge >= 0.3 is 6.09 Å². The SMILES string of the molecule is CCOC(=O)NC(CC(=O)c1ccc([N+](=O)[O-])cc1)c1ccccc1. The van der Waals surface area contributed by atoms with Crippen molar-refractivity contribution in [2.45, 2.75) is 19.4 Å². The van der Waals surface area contributed by atoms with E-state index in [-0.39, 0.29) is 24.5 Å². The zero-order valence-electron chi connectivity index (χ0n) is 13.7. The van der Waals surface area contributed by atoms with Gasteiger partial charge in [-0.2, -0.15) is 0 Å². The van der Waals surface area contributed by atoms with Crippen LogP contribution in [0.2, 0.25) is 0 Å². The maximum absolute atomic E-state index is 12.5. The van der Waals surface area contributed by atoms with E-state index in [1.54, 1.807) is 19.1 Å². The van der Waals surface area contributed by atoms with Gasteiger partial charge in [0.25, 0.3) is 5.69 Å². The first-order valence-electron chi connectivity index (χ1n) is 7.77. The predicted molar refractivity (Wildman–Crippen MR) is 91.4 cm³/mol. The van der Waals surface area contributed by atoms with E-state index in [0.717, 1.165) is 5.56 Å². The number of nitrogens with one attached hydrogen (secondary N) is 1. The lowest BCUT2D eigenvalue weighted by molar-refractivity contribution is -0.384. The molecule has 7 nitrogen and oxygen atoms in total. The molecule has 0 heterocycles. The van der Waals surface area contributed by atoms with Crippen LogP contribution in [0.15, 0.2) is 54.6 Å². The van der Waals surface area contributed by atoms with Crippen molar-refractivity contribution in [3.05, 3.63) is 75.8 Å². The molecule has 0 aliphatic rings. The monoisotopic (exact) mass is 342 g/mol. The molecular weight excluding hydrogens is 324 g/mol. The van der Waals surface area contributed by atoms with Gasteiger partial charge in [-0.3, -0.25) is 14.9 Å². The number of ketones is 1. The number of rotatable bonds is 7. The molecule has 0 bridgehead atoms. The van der Waals surface area contributed by atoms with E-state index in [2.05, 4.69) is 5.32 Å². The summed E-state index contributed by atoms with van der Waals surface area (Å²) in [7, 11) is 0. The Balaban J connectivity index is 2.16. The molecular formula is C18H18N2O5.